The zero-order chi connectivity index (χ0) is 13.1. The predicted molar refractivity (Wildman–Crippen MR) is 63.5 cm³/mol. The second kappa shape index (κ2) is 4.97. The number of halogens is 3. The molecule has 0 fully saturated rings. The molecule has 0 atom stereocenters. The highest BCUT2D eigenvalue weighted by molar-refractivity contribution is 5.44. The third kappa shape index (κ3) is 2.72. The van der Waals surface area contributed by atoms with Crippen molar-refractivity contribution in [2.45, 2.75) is 6.92 Å². The number of benzene rings is 2. The average molecular weight is 246 g/mol. The molecule has 0 saturated heterocycles. The van der Waals surface area contributed by atoms with Crippen LogP contribution in [0.4, 0.5) is 13.2 Å². The number of aryl methyl sites for hydroxylation is 1. The summed E-state index contributed by atoms with van der Waals surface area (Å²) in [6.45, 7) is 1.77. The summed E-state index contributed by atoms with van der Waals surface area (Å²) in [6, 6.07) is 7.97. The van der Waals surface area contributed by atoms with Crippen LogP contribution in [0.1, 0.15) is 16.7 Å². The fourth-order valence-corrected chi connectivity index (χ4v) is 1.43. The summed E-state index contributed by atoms with van der Waals surface area (Å²) in [5, 5.41) is 0. The van der Waals surface area contributed by atoms with Crippen LogP contribution in [0.25, 0.3) is 0 Å². The molecule has 0 amide bonds. The maximum atomic E-state index is 13.5. The van der Waals surface area contributed by atoms with Gasteiger partial charge in [0.05, 0.1) is 5.56 Å². The van der Waals surface area contributed by atoms with Gasteiger partial charge in [0.2, 0.25) is 0 Å². The maximum absolute atomic E-state index is 13.5. The first-order valence-corrected chi connectivity index (χ1v) is 5.29. The second-order valence-electron chi connectivity index (χ2n) is 3.86. The van der Waals surface area contributed by atoms with E-state index in [9.17, 15) is 13.2 Å². The van der Waals surface area contributed by atoms with Gasteiger partial charge >= 0.3 is 0 Å². The smallest absolute Gasteiger partial charge is 0.160 e. The lowest BCUT2D eigenvalue weighted by atomic mass is 10.1. The summed E-state index contributed by atoms with van der Waals surface area (Å²) in [5.41, 5.74) is 1.32. The van der Waals surface area contributed by atoms with Crippen LogP contribution in [0.2, 0.25) is 0 Å². The van der Waals surface area contributed by atoms with Crippen LogP contribution in [0, 0.1) is 36.2 Å². The van der Waals surface area contributed by atoms with Gasteiger partial charge in [0.1, 0.15) is 5.82 Å². The Morgan fingerprint density at radius 2 is 1.56 bits per heavy atom. The Kier molecular flexibility index (Phi) is 3.38. The Bertz CT molecular complexity index is 649. The van der Waals surface area contributed by atoms with Crippen molar-refractivity contribution < 1.29 is 13.2 Å². The van der Waals surface area contributed by atoms with Gasteiger partial charge in [-0.25, -0.2) is 13.2 Å². The second-order valence-corrected chi connectivity index (χ2v) is 3.86. The Hall–Kier alpha value is -2.21. The molecule has 0 nitrogen and oxygen atoms in total. The summed E-state index contributed by atoms with van der Waals surface area (Å²) in [4.78, 5) is 0. The first-order valence-electron chi connectivity index (χ1n) is 5.29. The van der Waals surface area contributed by atoms with Gasteiger partial charge in [-0.05, 0) is 42.8 Å². The summed E-state index contributed by atoms with van der Waals surface area (Å²) in [6.07, 6.45) is 0. The topological polar surface area (TPSA) is 0 Å². The Morgan fingerprint density at radius 1 is 0.778 bits per heavy atom. The van der Waals surface area contributed by atoms with Gasteiger partial charge in [-0.15, -0.1) is 0 Å². The van der Waals surface area contributed by atoms with E-state index in [2.05, 4.69) is 11.8 Å². The Balaban J connectivity index is 2.34. The van der Waals surface area contributed by atoms with Crippen molar-refractivity contribution in [1.82, 2.24) is 0 Å². The van der Waals surface area contributed by atoms with Crippen LogP contribution in [0.3, 0.4) is 0 Å². The van der Waals surface area contributed by atoms with E-state index in [4.69, 9.17) is 0 Å². The monoisotopic (exact) mass is 246 g/mol. The minimum absolute atomic E-state index is 0.227. The fourth-order valence-electron chi connectivity index (χ4n) is 1.43. The van der Waals surface area contributed by atoms with E-state index in [0.29, 0.717) is 5.56 Å². The molecule has 0 aromatic heterocycles. The molecule has 0 heterocycles. The largest absolute Gasteiger partial charge is 0.206 e. The molecule has 2 rings (SSSR count). The highest BCUT2D eigenvalue weighted by Crippen LogP contribution is 2.10. The third-order valence-corrected chi connectivity index (χ3v) is 2.39. The van der Waals surface area contributed by atoms with E-state index < -0.39 is 17.5 Å². The van der Waals surface area contributed by atoms with Crippen LogP contribution < -0.4 is 0 Å². The van der Waals surface area contributed by atoms with Gasteiger partial charge in [0.25, 0.3) is 0 Å². The van der Waals surface area contributed by atoms with Crippen molar-refractivity contribution in [3.8, 4) is 11.8 Å². The zero-order valence-electron chi connectivity index (χ0n) is 9.60. The standard InChI is InChI=1S/C15H9F3/c1-10-2-5-12(14(17)8-10)6-3-11-4-7-13(16)15(18)9-11/h2,4-5,7-9H,1H3. The van der Waals surface area contributed by atoms with Crippen LogP contribution in [-0.2, 0) is 0 Å². The van der Waals surface area contributed by atoms with Crippen molar-refractivity contribution >= 4 is 0 Å². The molecule has 3 heteroatoms. The molecule has 2 aromatic carbocycles. The average Bonchev–Trinajstić information content (AvgIpc) is 2.32. The van der Waals surface area contributed by atoms with Crippen molar-refractivity contribution in [3.63, 3.8) is 0 Å². The molecule has 0 N–H and O–H groups in total. The van der Waals surface area contributed by atoms with Gasteiger partial charge in [-0.1, -0.05) is 17.9 Å². The van der Waals surface area contributed by atoms with E-state index in [0.717, 1.165) is 17.7 Å². The molecule has 90 valence electrons. The summed E-state index contributed by atoms with van der Waals surface area (Å²) in [5.74, 6) is 2.86. The SMILES string of the molecule is Cc1ccc(C#Cc2ccc(F)c(F)c2)c(F)c1. The van der Waals surface area contributed by atoms with Gasteiger partial charge in [-0.2, -0.15) is 0 Å². The molecule has 0 aliphatic heterocycles. The zero-order valence-corrected chi connectivity index (χ0v) is 9.60. The lowest BCUT2D eigenvalue weighted by molar-refractivity contribution is 0.508. The van der Waals surface area contributed by atoms with Gasteiger partial charge in [0, 0.05) is 5.56 Å². The fraction of sp³-hybridized carbons (Fsp3) is 0.0667. The first kappa shape index (κ1) is 12.3. The van der Waals surface area contributed by atoms with E-state index in [-0.39, 0.29) is 5.56 Å². The molecule has 0 aliphatic rings. The predicted octanol–water partition coefficient (Wildman–Crippen LogP) is 3.81. The van der Waals surface area contributed by atoms with Gasteiger partial charge in [0.15, 0.2) is 11.6 Å². The van der Waals surface area contributed by atoms with E-state index in [1.54, 1.807) is 19.1 Å². The van der Waals surface area contributed by atoms with Crippen molar-refractivity contribution in [2.24, 2.45) is 0 Å². The number of hydrogen-bond donors (Lipinski definition) is 0. The van der Waals surface area contributed by atoms with Crippen LogP contribution in [0.15, 0.2) is 36.4 Å². The highest BCUT2D eigenvalue weighted by atomic mass is 19.2. The number of rotatable bonds is 0. The van der Waals surface area contributed by atoms with Crippen molar-refractivity contribution in [3.05, 3.63) is 70.5 Å². The molecule has 0 bridgehead atoms. The summed E-state index contributed by atoms with van der Waals surface area (Å²) < 4.78 is 39.1. The maximum Gasteiger partial charge on any atom is 0.160 e. The van der Waals surface area contributed by atoms with E-state index in [1.165, 1.54) is 12.1 Å². The van der Waals surface area contributed by atoms with Crippen LogP contribution in [-0.4, -0.2) is 0 Å². The number of hydrogen-bond acceptors (Lipinski definition) is 0. The molecule has 0 aliphatic carbocycles. The molecule has 0 unspecified atom stereocenters. The minimum atomic E-state index is -0.967. The lowest BCUT2D eigenvalue weighted by Gasteiger charge is -1.96. The third-order valence-electron chi connectivity index (χ3n) is 2.39. The summed E-state index contributed by atoms with van der Waals surface area (Å²) in [7, 11) is 0. The van der Waals surface area contributed by atoms with Crippen LogP contribution in [0.5, 0.6) is 0 Å². The van der Waals surface area contributed by atoms with E-state index >= 15 is 0 Å². The minimum Gasteiger partial charge on any atom is -0.206 e. The Morgan fingerprint density at radius 3 is 2.22 bits per heavy atom. The molecule has 2 aromatic rings. The molecule has 0 radical (unpaired) electrons. The van der Waals surface area contributed by atoms with Gasteiger partial charge < -0.3 is 0 Å². The quantitative estimate of drug-likeness (QED) is 0.620. The molecular weight excluding hydrogens is 237 g/mol. The Labute approximate surface area is 103 Å². The lowest BCUT2D eigenvalue weighted by Crippen LogP contribution is -1.86. The summed E-state index contributed by atoms with van der Waals surface area (Å²) >= 11 is 0. The van der Waals surface area contributed by atoms with Crippen LogP contribution >= 0.6 is 0 Å². The molecule has 0 spiro atoms. The molecule has 0 saturated carbocycles. The molecular formula is C15H9F3. The van der Waals surface area contributed by atoms with E-state index in [1.807, 2.05) is 0 Å². The van der Waals surface area contributed by atoms with Gasteiger partial charge in [-0.3, -0.25) is 0 Å². The highest BCUT2D eigenvalue weighted by Gasteiger charge is 2.01. The first-order chi connectivity index (χ1) is 8.56. The normalized spacial score (nSPS) is 9.78. The van der Waals surface area contributed by atoms with Crippen molar-refractivity contribution in [2.75, 3.05) is 0 Å². The molecule has 18 heavy (non-hydrogen) atoms. The van der Waals surface area contributed by atoms with Crippen molar-refractivity contribution in [1.29, 1.82) is 0 Å².